The first-order chi connectivity index (χ1) is 17.5. The van der Waals surface area contributed by atoms with Gasteiger partial charge in [0.1, 0.15) is 11.3 Å². The maximum absolute atomic E-state index is 12.8. The van der Waals surface area contributed by atoms with Gasteiger partial charge in [-0.05, 0) is 68.3 Å². The molecular weight excluding hydrogens is 484 g/mol. The monoisotopic (exact) mass is 516 g/mol. The quantitative estimate of drug-likeness (QED) is 0.238. The van der Waals surface area contributed by atoms with Gasteiger partial charge in [0.15, 0.2) is 10.8 Å². The second kappa shape index (κ2) is 9.06. The zero-order valence-electron chi connectivity index (χ0n) is 22.1. The molecule has 0 bridgehead atoms. The van der Waals surface area contributed by atoms with Crippen LogP contribution < -0.4 is 0 Å². The van der Waals surface area contributed by atoms with Crippen molar-refractivity contribution in [3.8, 4) is 16.5 Å². The molecule has 37 heavy (non-hydrogen) atoms. The van der Waals surface area contributed by atoms with E-state index in [1.807, 2.05) is 38.2 Å². The number of nitrogens with zero attached hydrogens (tertiary/aromatic N) is 2. The number of rotatable bonds is 6. The summed E-state index contributed by atoms with van der Waals surface area (Å²) >= 11 is 1.60. The third kappa shape index (κ3) is 4.64. The zero-order chi connectivity index (χ0) is 26.5. The van der Waals surface area contributed by atoms with Gasteiger partial charge in [0, 0.05) is 39.8 Å². The van der Waals surface area contributed by atoms with E-state index in [0.717, 1.165) is 49.5 Å². The summed E-state index contributed by atoms with van der Waals surface area (Å²) in [5.74, 6) is 0.643. The summed E-state index contributed by atoms with van der Waals surface area (Å²) in [6.45, 7) is 12.9. The highest BCUT2D eigenvalue weighted by molar-refractivity contribution is 7.13. The number of carbonyl (C=O) groups is 1. The maximum atomic E-state index is 12.8. The summed E-state index contributed by atoms with van der Waals surface area (Å²) in [4.78, 5) is 17.6. The molecule has 2 aromatic carbocycles. The Balaban J connectivity index is 1.51. The number of hydrogen-bond acceptors (Lipinski definition) is 6. The Bertz CT molecular complexity index is 1610. The van der Waals surface area contributed by atoms with Gasteiger partial charge in [0.05, 0.1) is 17.7 Å². The minimum absolute atomic E-state index is 0.00897. The predicted octanol–water partition coefficient (Wildman–Crippen LogP) is 7.40. The first-order valence-electron chi connectivity index (χ1n) is 12.5. The highest BCUT2D eigenvalue weighted by Gasteiger charge is 2.34. The molecule has 0 aliphatic rings. The molecule has 3 heterocycles. The van der Waals surface area contributed by atoms with Crippen molar-refractivity contribution in [3.05, 3.63) is 70.9 Å². The molecule has 6 nitrogen and oxygen atoms in total. The molecule has 0 saturated carbocycles. The van der Waals surface area contributed by atoms with Gasteiger partial charge in [-0.1, -0.05) is 26.8 Å². The second-order valence-electron chi connectivity index (χ2n) is 11.0. The molecule has 0 unspecified atom stereocenters. The molecule has 0 aliphatic heterocycles. The number of fused-ring (bicyclic) bond motifs is 2. The highest BCUT2D eigenvalue weighted by Crippen LogP contribution is 2.36. The number of aromatic nitrogens is 2. The lowest BCUT2D eigenvalue weighted by atomic mass is 9.84. The number of thiazole rings is 1. The van der Waals surface area contributed by atoms with Gasteiger partial charge in [-0.25, -0.2) is 4.98 Å². The number of esters is 1. The number of phenols is 1. The fraction of sp³-hybridized carbons (Fsp3) is 0.333. The first-order valence-corrected chi connectivity index (χ1v) is 13.3. The number of benzene rings is 2. The fourth-order valence-electron chi connectivity index (χ4n) is 4.56. The molecule has 3 aromatic heterocycles. The van der Waals surface area contributed by atoms with Crippen molar-refractivity contribution >= 4 is 39.2 Å². The Hall–Kier alpha value is -3.58. The van der Waals surface area contributed by atoms with Crippen molar-refractivity contribution in [1.82, 2.24) is 9.55 Å². The number of phenolic OH excluding ortho intramolecular Hbond substituents is 1. The molecule has 0 atom stereocenters. The summed E-state index contributed by atoms with van der Waals surface area (Å²) in [7, 11) is 0. The molecule has 5 aromatic rings. The Morgan fingerprint density at radius 1 is 1.11 bits per heavy atom. The Labute approximate surface area is 220 Å². The minimum Gasteiger partial charge on any atom is -0.508 e. The van der Waals surface area contributed by atoms with E-state index in [9.17, 15) is 9.90 Å². The number of ether oxygens (including phenoxy) is 1. The molecular formula is C30H32N2O4S. The molecule has 0 radical (unpaired) electrons. The zero-order valence-corrected chi connectivity index (χ0v) is 22.9. The van der Waals surface area contributed by atoms with Crippen LogP contribution in [0.5, 0.6) is 5.75 Å². The third-order valence-electron chi connectivity index (χ3n) is 6.74. The lowest BCUT2D eigenvalue weighted by molar-refractivity contribution is -0.148. The summed E-state index contributed by atoms with van der Waals surface area (Å²) < 4.78 is 13.6. The van der Waals surface area contributed by atoms with Crippen molar-refractivity contribution in [2.45, 2.75) is 58.9 Å². The average molecular weight is 517 g/mol. The fourth-order valence-corrected chi connectivity index (χ4v) is 5.56. The molecule has 0 saturated heterocycles. The smallest absolute Gasteiger partial charge is 0.316 e. The summed E-state index contributed by atoms with van der Waals surface area (Å²) in [5, 5.41) is 15.0. The molecule has 192 valence electrons. The van der Waals surface area contributed by atoms with Crippen LogP contribution in [0, 0.1) is 0 Å². The molecule has 0 spiro atoms. The molecule has 0 amide bonds. The van der Waals surface area contributed by atoms with Gasteiger partial charge in [-0.15, -0.1) is 11.3 Å². The van der Waals surface area contributed by atoms with E-state index in [2.05, 4.69) is 42.9 Å². The van der Waals surface area contributed by atoms with E-state index in [-0.39, 0.29) is 17.1 Å². The Kier molecular flexibility index (Phi) is 6.15. The maximum Gasteiger partial charge on any atom is 0.316 e. The standard InChI is InChI=1S/C30H32N2O4S/c1-7-35-28(34)30(5,6)22-16-32(23-10-9-20(33)14-21(22)23)15-18-8-11-24-19(12-18)13-25(36-24)27-31-26(17-37-27)29(2,3)4/h8-14,16-17,33H,7,15H2,1-6H3. The molecule has 0 aliphatic carbocycles. The van der Waals surface area contributed by atoms with Crippen molar-refractivity contribution in [3.63, 3.8) is 0 Å². The van der Waals surface area contributed by atoms with Crippen LogP contribution in [0.15, 0.2) is 58.5 Å². The Morgan fingerprint density at radius 3 is 2.59 bits per heavy atom. The second-order valence-corrected chi connectivity index (χ2v) is 11.8. The average Bonchev–Trinajstić information content (AvgIpc) is 3.55. The minimum atomic E-state index is -0.865. The lowest BCUT2D eigenvalue weighted by Crippen LogP contribution is -2.31. The van der Waals surface area contributed by atoms with E-state index in [4.69, 9.17) is 14.1 Å². The first kappa shape index (κ1) is 25.1. The largest absolute Gasteiger partial charge is 0.508 e. The van der Waals surface area contributed by atoms with Crippen LogP contribution in [0.4, 0.5) is 0 Å². The van der Waals surface area contributed by atoms with Crippen LogP contribution in [0.25, 0.3) is 32.6 Å². The topological polar surface area (TPSA) is 77.5 Å². The van der Waals surface area contributed by atoms with Crippen LogP contribution in [-0.2, 0) is 26.9 Å². The van der Waals surface area contributed by atoms with Gasteiger partial charge < -0.3 is 18.8 Å². The highest BCUT2D eigenvalue weighted by atomic mass is 32.1. The third-order valence-corrected chi connectivity index (χ3v) is 7.60. The van der Waals surface area contributed by atoms with Crippen LogP contribution >= 0.6 is 11.3 Å². The van der Waals surface area contributed by atoms with Crippen molar-refractivity contribution < 1.29 is 19.1 Å². The van der Waals surface area contributed by atoms with E-state index in [1.54, 1.807) is 30.4 Å². The van der Waals surface area contributed by atoms with E-state index < -0.39 is 5.41 Å². The SMILES string of the molecule is CCOC(=O)C(C)(C)c1cn(Cc2ccc3oc(-c4nc(C(C)(C)C)cs4)cc3c2)c2ccc(O)cc12. The van der Waals surface area contributed by atoms with Crippen LogP contribution in [-0.4, -0.2) is 27.2 Å². The molecule has 0 fully saturated rings. The van der Waals surface area contributed by atoms with Crippen molar-refractivity contribution in [1.29, 1.82) is 0 Å². The van der Waals surface area contributed by atoms with Gasteiger partial charge in [-0.3, -0.25) is 4.79 Å². The number of hydrogen-bond donors (Lipinski definition) is 1. The van der Waals surface area contributed by atoms with Crippen molar-refractivity contribution in [2.75, 3.05) is 6.61 Å². The van der Waals surface area contributed by atoms with E-state index in [0.29, 0.717) is 13.2 Å². The normalized spacial score (nSPS) is 12.5. The number of aromatic hydroxyl groups is 1. The number of furan rings is 1. The van der Waals surface area contributed by atoms with E-state index in [1.165, 1.54) is 0 Å². The predicted molar refractivity (Wildman–Crippen MR) is 148 cm³/mol. The van der Waals surface area contributed by atoms with Crippen LogP contribution in [0.1, 0.15) is 58.4 Å². The van der Waals surface area contributed by atoms with Gasteiger partial charge in [0.2, 0.25) is 0 Å². The van der Waals surface area contributed by atoms with Crippen LogP contribution in [0.3, 0.4) is 0 Å². The van der Waals surface area contributed by atoms with Gasteiger partial charge >= 0.3 is 5.97 Å². The summed E-state index contributed by atoms with van der Waals surface area (Å²) in [6, 6.07) is 13.5. The molecule has 1 N–H and O–H groups in total. The summed E-state index contributed by atoms with van der Waals surface area (Å²) in [6.07, 6.45) is 2.00. The van der Waals surface area contributed by atoms with E-state index >= 15 is 0 Å². The summed E-state index contributed by atoms with van der Waals surface area (Å²) in [5.41, 5.74) is 3.86. The molecule has 7 heteroatoms. The van der Waals surface area contributed by atoms with Gasteiger partial charge in [-0.2, -0.15) is 0 Å². The lowest BCUT2D eigenvalue weighted by Gasteiger charge is -2.22. The Morgan fingerprint density at radius 2 is 1.89 bits per heavy atom. The molecule has 5 rings (SSSR count). The van der Waals surface area contributed by atoms with Crippen LogP contribution in [0.2, 0.25) is 0 Å². The van der Waals surface area contributed by atoms with Gasteiger partial charge in [0.25, 0.3) is 0 Å². The number of carbonyl (C=O) groups excluding carboxylic acids is 1. The van der Waals surface area contributed by atoms with Crippen molar-refractivity contribution in [2.24, 2.45) is 0 Å².